The molecule has 38 heavy (non-hydrogen) atoms. The number of hydrogen-bond donors (Lipinski definition) is 2. The zero-order valence-electron chi connectivity index (χ0n) is 20.9. The Hall–Kier alpha value is -3.57. The van der Waals surface area contributed by atoms with Crippen molar-refractivity contribution in [3.05, 3.63) is 70.0 Å². The van der Waals surface area contributed by atoms with Crippen molar-refractivity contribution >= 4 is 35.1 Å². The van der Waals surface area contributed by atoms with Gasteiger partial charge in [-0.25, -0.2) is 18.8 Å². The van der Waals surface area contributed by atoms with Crippen LogP contribution in [0.2, 0.25) is 5.02 Å². The van der Waals surface area contributed by atoms with Crippen molar-refractivity contribution in [1.82, 2.24) is 25.1 Å². The first kappa shape index (κ1) is 26.1. The SMILES string of the molecule is Cc1cc(Nc2nc(C3(C(=O)N4CCCO4)CCN(C(=O)c4cccc(Cl)c4F)C(C)C3)ccc2F)n[nH]1. The zero-order chi connectivity index (χ0) is 27.0. The van der Waals surface area contributed by atoms with Crippen LogP contribution < -0.4 is 5.32 Å². The molecule has 2 N–H and O–H groups in total. The molecule has 2 atom stereocenters. The number of hydroxylamine groups is 2. The molecule has 0 aliphatic carbocycles. The minimum atomic E-state index is -1.20. The Labute approximate surface area is 223 Å². The van der Waals surface area contributed by atoms with Crippen LogP contribution in [0.4, 0.5) is 20.4 Å². The van der Waals surface area contributed by atoms with Crippen molar-refractivity contribution in [2.24, 2.45) is 0 Å². The van der Waals surface area contributed by atoms with Gasteiger partial charge in [-0.05, 0) is 57.4 Å². The minimum Gasteiger partial charge on any atom is -0.336 e. The Kier molecular flexibility index (Phi) is 7.06. The fraction of sp³-hybridized carbons (Fsp3) is 0.385. The van der Waals surface area contributed by atoms with Gasteiger partial charge in [-0.2, -0.15) is 5.10 Å². The van der Waals surface area contributed by atoms with Gasteiger partial charge < -0.3 is 10.2 Å². The summed E-state index contributed by atoms with van der Waals surface area (Å²) in [7, 11) is 0. The average molecular weight is 545 g/mol. The zero-order valence-corrected chi connectivity index (χ0v) is 21.7. The van der Waals surface area contributed by atoms with Crippen LogP contribution in [-0.4, -0.2) is 62.7 Å². The Balaban J connectivity index is 1.49. The molecular formula is C26H27ClF2N6O3. The van der Waals surface area contributed by atoms with E-state index in [4.69, 9.17) is 16.4 Å². The van der Waals surface area contributed by atoms with Gasteiger partial charge >= 0.3 is 0 Å². The van der Waals surface area contributed by atoms with Crippen LogP contribution in [0.3, 0.4) is 0 Å². The topological polar surface area (TPSA) is 103 Å². The van der Waals surface area contributed by atoms with Gasteiger partial charge in [0.1, 0.15) is 0 Å². The molecule has 0 radical (unpaired) electrons. The summed E-state index contributed by atoms with van der Waals surface area (Å²) in [4.78, 5) is 38.8. The molecule has 5 rings (SSSR count). The number of carbonyl (C=O) groups excluding carboxylic acids is 2. The van der Waals surface area contributed by atoms with Crippen LogP contribution in [0.15, 0.2) is 36.4 Å². The molecule has 200 valence electrons. The normalized spacial score (nSPS) is 21.6. The molecule has 3 aromatic rings. The molecule has 2 fully saturated rings. The van der Waals surface area contributed by atoms with Crippen LogP contribution in [0.1, 0.15) is 47.9 Å². The van der Waals surface area contributed by atoms with Gasteiger partial charge in [0.05, 0.1) is 34.8 Å². The van der Waals surface area contributed by atoms with Gasteiger partial charge in [0, 0.05) is 24.3 Å². The quantitative estimate of drug-likeness (QED) is 0.490. The number of hydrogen-bond acceptors (Lipinski definition) is 6. The van der Waals surface area contributed by atoms with Crippen molar-refractivity contribution in [2.45, 2.75) is 44.6 Å². The first-order valence-electron chi connectivity index (χ1n) is 12.4. The second kappa shape index (κ2) is 10.3. The summed E-state index contributed by atoms with van der Waals surface area (Å²) < 4.78 is 29.4. The van der Waals surface area contributed by atoms with Crippen LogP contribution in [-0.2, 0) is 15.0 Å². The van der Waals surface area contributed by atoms with E-state index in [0.717, 1.165) is 5.69 Å². The van der Waals surface area contributed by atoms with Crippen molar-refractivity contribution in [3.8, 4) is 0 Å². The van der Waals surface area contributed by atoms with Gasteiger partial charge in [0.25, 0.3) is 11.8 Å². The standard InChI is InChI=1S/C26H27ClF2N6O3/c1-15-13-21(33-32-15)31-23-19(28)7-8-20(30-23)26(25(37)35-10-4-12-38-35)9-11-34(16(2)14-26)24(36)17-5-3-6-18(27)22(17)29/h3,5-8,13,16H,4,9-12,14H2,1-2H3,(H2,30,31,32,33). The maximum absolute atomic E-state index is 14.8. The van der Waals surface area contributed by atoms with Crippen molar-refractivity contribution < 1.29 is 23.2 Å². The summed E-state index contributed by atoms with van der Waals surface area (Å²) >= 11 is 5.90. The van der Waals surface area contributed by atoms with Crippen LogP contribution in [0.25, 0.3) is 0 Å². The number of anilines is 2. The van der Waals surface area contributed by atoms with Gasteiger partial charge in [0.2, 0.25) is 0 Å². The molecule has 0 bridgehead atoms. The molecule has 2 saturated heterocycles. The minimum absolute atomic E-state index is 0.0735. The van der Waals surface area contributed by atoms with E-state index in [2.05, 4.69) is 20.5 Å². The predicted molar refractivity (Wildman–Crippen MR) is 136 cm³/mol. The number of nitrogens with one attached hydrogen (secondary N) is 2. The number of rotatable bonds is 5. The fourth-order valence-corrected chi connectivity index (χ4v) is 5.33. The number of aromatic amines is 1. The Morgan fingerprint density at radius 1 is 1.24 bits per heavy atom. The third-order valence-corrected chi connectivity index (χ3v) is 7.37. The highest BCUT2D eigenvalue weighted by Gasteiger charge is 2.50. The van der Waals surface area contributed by atoms with Gasteiger partial charge in [-0.15, -0.1) is 0 Å². The number of halogens is 3. The molecule has 0 spiro atoms. The smallest absolute Gasteiger partial charge is 0.258 e. The molecule has 4 heterocycles. The molecule has 0 saturated carbocycles. The summed E-state index contributed by atoms with van der Waals surface area (Å²) in [6.07, 6.45) is 1.06. The highest BCUT2D eigenvalue weighted by molar-refractivity contribution is 6.31. The van der Waals surface area contributed by atoms with E-state index in [9.17, 15) is 18.4 Å². The number of benzene rings is 1. The van der Waals surface area contributed by atoms with Crippen LogP contribution in [0, 0.1) is 18.6 Å². The molecule has 1 aromatic carbocycles. The molecule has 2 amide bonds. The highest BCUT2D eigenvalue weighted by Crippen LogP contribution is 2.41. The monoisotopic (exact) mass is 544 g/mol. The largest absolute Gasteiger partial charge is 0.336 e. The number of carbonyl (C=O) groups is 2. The predicted octanol–water partition coefficient (Wildman–Crippen LogP) is 4.51. The molecule has 12 heteroatoms. The lowest BCUT2D eigenvalue weighted by molar-refractivity contribution is -0.178. The Morgan fingerprint density at radius 2 is 2.05 bits per heavy atom. The summed E-state index contributed by atoms with van der Waals surface area (Å²) in [5.74, 6) is -1.90. The van der Waals surface area contributed by atoms with E-state index in [-0.39, 0.29) is 41.7 Å². The van der Waals surface area contributed by atoms with Crippen molar-refractivity contribution in [3.63, 3.8) is 0 Å². The third-order valence-electron chi connectivity index (χ3n) is 7.08. The van der Waals surface area contributed by atoms with E-state index < -0.39 is 29.0 Å². The number of amides is 2. The molecule has 2 aliphatic rings. The maximum atomic E-state index is 14.8. The molecular weight excluding hydrogens is 518 g/mol. The summed E-state index contributed by atoms with van der Waals surface area (Å²) in [5, 5.41) is 10.9. The highest BCUT2D eigenvalue weighted by atomic mass is 35.5. The third kappa shape index (κ3) is 4.71. The van der Waals surface area contributed by atoms with E-state index in [1.807, 2.05) is 6.92 Å². The molecule has 2 aromatic heterocycles. The lowest BCUT2D eigenvalue weighted by Crippen LogP contribution is -2.56. The first-order chi connectivity index (χ1) is 18.2. The van der Waals surface area contributed by atoms with E-state index >= 15 is 0 Å². The number of nitrogens with zero attached hydrogens (tertiary/aromatic N) is 4. The van der Waals surface area contributed by atoms with Crippen molar-refractivity contribution in [2.75, 3.05) is 25.0 Å². The number of pyridine rings is 1. The van der Waals surface area contributed by atoms with Gasteiger partial charge in [-0.1, -0.05) is 17.7 Å². The Bertz CT molecular complexity index is 1380. The maximum Gasteiger partial charge on any atom is 0.258 e. The second-order valence-electron chi connectivity index (χ2n) is 9.67. The number of aromatic nitrogens is 3. The lowest BCUT2D eigenvalue weighted by atomic mass is 9.71. The first-order valence-corrected chi connectivity index (χ1v) is 12.7. The van der Waals surface area contributed by atoms with Crippen LogP contribution in [0.5, 0.6) is 0 Å². The van der Waals surface area contributed by atoms with E-state index in [1.165, 1.54) is 40.3 Å². The average Bonchev–Trinajstić information content (AvgIpc) is 3.58. The lowest BCUT2D eigenvalue weighted by Gasteiger charge is -2.45. The number of aryl methyl sites for hydroxylation is 1. The number of likely N-dealkylation sites (tertiary alicyclic amines) is 1. The van der Waals surface area contributed by atoms with Gasteiger partial charge in [-0.3, -0.25) is 19.5 Å². The summed E-state index contributed by atoms with van der Waals surface area (Å²) in [6, 6.07) is 8.26. The summed E-state index contributed by atoms with van der Waals surface area (Å²) in [5.41, 5.74) is -0.198. The molecule has 2 unspecified atom stereocenters. The number of H-pyrrole nitrogens is 1. The van der Waals surface area contributed by atoms with Crippen molar-refractivity contribution in [1.29, 1.82) is 0 Å². The van der Waals surface area contributed by atoms with E-state index in [1.54, 1.807) is 13.0 Å². The summed E-state index contributed by atoms with van der Waals surface area (Å²) in [6.45, 7) is 4.59. The fourth-order valence-electron chi connectivity index (χ4n) is 5.16. The second-order valence-corrected chi connectivity index (χ2v) is 10.1. The number of piperidine rings is 1. The Morgan fingerprint density at radius 3 is 2.74 bits per heavy atom. The van der Waals surface area contributed by atoms with Crippen LogP contribution >= 0.6 is 11.6 Å². The van der Waals surface area contributed by atoms with E-state index in [0.29, 0.717) is 31.1 Å². The molecule has 2 aliphatic heterocycles. The molecule has 9 nitrogen and oxygen atoms in total. The van der Waals surface area contributed by atoms with Gasteiger partial charge in [0.15, 0.2) is 23.3 Å².